The van der Waals surface area contributed by atoms with Gasteiger partial charge in [0.2, 0.25) is 0 Å². The van der Waals surface area contributed by atoms with Crippen LogP contribution in [0.5, 0.6) is 11.5 Å². The summed E-state index contributed by atoms with van der Waals surface area (Å²) in [6.07, 6.45) is 2.34. The first-order valence-electron chi connectivity index (χ1n) is 7.37. The van der Waals surface area contributed by atoms with Crippen LogP contribution in [0, 0.1) is 0 Å². The number of hydrogen-bond donors (Lipinski definition) is 1. The van der Waals surface area contributed by atoms with Gasteiger partial charge in [0.25, 0.3) is 5.91 Å². The minimum atomic E-state index is -0.564. The maximum atomic E-state index is 12.5. The molecule has 0 aromatic heterocycles. The van der Waals surface area contributed by atoms with Gasteiger partial charge < -0.3 is 19.5 Å². The average molecular weight is 293 g/mol. The molecule has 1 heterocycles. The van der Waals surface area contributed by atoms with Gasteiger partial charge in [-0.2, -0.15) is 0 Å². The Morgan fingerprint density at radius 3 is 2.62 bits per heavy atom. The van der Waals surface area contributed by atoms with Crippen molar-refractivity contribution in [3.63, 3.8) is 0 Å². The Morgan fingerprint density at radius 2 is 2.00 bits per heavy atom. The Morgan fingerprint density at radius 1 is 1.33 bits per heavy atom. The van der Waals surface area contributed by atoms with Crippen molar-refractivity contribution in [3.05, 3.63) is 24.3 Å². The zero-order valence-corrected chi connectivity index (χ0v) is 12.6. The molecule has 21 heavy (non-hydrogen) atoms. The summed E-state index contributed by atoms with van der Waals surface area (Å²) in [5.74, 6) is 1.32. The Labute approximate surface area is 125 Å². The normalized spacial score (nSPS) is 20.0. The number of likely N-dealkylation sites (tertiary alicyclic amines) is 1. The van der Waals surface area contributed by atoms with Crippen LogP contribution in [0.4, 0.5) is 0 Å². The predicted molar refractivity (Wildman–Crippen MR) is 79.5 cm³/mol. The lowest BCUT2D eigenvalue weighted by atomic mass is 10.0. The van der Waals surface area contributed by atoms with Crippen LogP contribution < -0.4 is 9.47 Å². The van der Waals surface area contributed by atoms with Crippen LogP contribution in [0.2, 0.25) is 0 Å². The van der Waals surface area contributed by atoms with Crippen molar-refractivity contribution in [2.45, 2.75) is 38.3 Å². The molecular formula is C16H23NO4. The summed E-state index contributed by atoms with van der Waals surface area (Å²) in [4.78, 5) is 14.2. The van der Waals surface area contributed by atoms with Crippen LogP contribution in [0.1, 0.15) is 26.2 Å². The maximum Gasteiger partial charge on any atom is 0.263 e. The molecule has 1 N–H and O–H groups in total. The monoisotopic (exact) mass is 293 g/mol. The fraction of sp³-hybridized carbons (Fsp3) is 0.562. The van der Waals surface area contributed by atoms with E-state index in [1.54, 1.807) is 43.2 Å². The summed E-state index contributed by atoms with van der Waals surface area (Å²) >= 11 is 0. The van der Waals surface area contributed by atoms with E-state index >= 15 is 0 Å². The molecule has 5 nitrogen and oxygen atoms in total. The van der Waals surface area contributed by atoms with E-state index < -0.39 is 6.10 Å². The first kappa shape index (κ1) is 15.6. The fourth-order valence-corrected chi connectivity index (χ4v) is 2.62. The Kier molecular flexibility index (Phi) is 5.44. The molecule has 0 saturated carbocycles. The zero-order valence-electron chi connectivity index (χ0n) is 12.6. The summed E-state index contributed by atoms with van der Waals surface area (Å²) in [5.41, 5.74) is 0. The van der Waals surface area contributed by atoms with Gasteiger partial charge in [0.1, 0.15) is 11.5 Å². The molecule has 2 unspecified atom stereocenters. The number of piperidine rings is 1. The lowest BCUT2D eigenvalue weighted by Crippen LogP contribution is -2.50. The topological polar surface area (TPSA) is 59.0 Å². The summed E-state index contributed by atoms with van der Waals surface area (Å²) in [6.45, 7) is 2.46. The van der Waals surface area contributed by atoms with Crippen LogP contribution in [-0.2, 0) is 4.79 Å². The number of carbonyl (C=O) groups excluding carboxylic acids is 1. The summed E-state index contributed by atoms with van der Waals surface area (Å²) in [7, 11) is 1.60. The predicted octanol–water partition coefficient (Wildman–Crippen LogP) is 1.84. The van der Waals surface area contributed by atoms with Crippen molar-refractivity contribution in [1.29, 1.82) is 0 Å². The minimum absolute atomic E-state index is 0.0149. The zero-order chi connectivity index (χ0) is 15.2. The number of carbonyl (C=O) groups is 1. The third-order valence-corrected chi connectivity index (χ3v) is 3.84. The smallest absolute Gasteiger partial charge is 0.263 e. The molecule has 2 atom stereocenters. The molecule has 0 aliphatic carbocycles. The second kappa shape index (κ2) is 7.31. The number of aliphatic hydroxyl groups excluding tert-OH is 1. The SMILES string of the molecule is COc1ccc(OC(C)C(=O)N2CCCCC2CO)cc1. The lowest BCUT2D eigenvalue weighted by molar-refractivity contribution is -0.142. The highest BCUT2D eigenvalue weighted by molar-refractivity contribution is 5.81. The second-order valence-electron chi connectivity index (χ2n) is 5.30. The first-order chi connectivity index (χ1) is 10.2. The molecule has 1 fully saturated rings. The van der Waals surface area contributed by atoms with Gasteiger partial charge in [-0.1, -0.05) is 0 Å². The van der Waals surface area contributed by atoms with Crippen molar-refractivity contribution in [2.24, 2.45) is 0 Å². The van der Waals surface area contributed by atoms with Crippen molar-refractivity contribution in [2.75, 3.05) is 20.3 Å². The Hall–Kier alpha value is -1.75. The van der Waals surface area contributed by atoms with Crippen LogP contribution in [0.25, 0.3) is 0 Å². The van der Waals surface area contributed by atoms with Crippen molar-refractivity contribution < 1.29 is 19.4 Å². The number of nitrogens with zero attached hydrogens (tertiary/aromatic N) is 1. The molecule has 0 spiro atoms. The molecule has 5 heteroatoms. The number of ether oxygens (including phenoxy) is 2. The van der Waals surface area contributed by atoms with Crippen LogP contribution in [0.3, 0.4) is 0 Å². The van der Waals surface area contributed by atoms with Gasteiger partial charge in [-0.15, -0.1) is 0 Å². The quantitative estimate of drug-likeness (QED) is 0.900. The van der Waals surface area contributed by atoms with Gasteiger partial charge in [0.05, 0.1) is 19.8 Å². The Balaban J connectivity index is 1.97. The Bertz CT molecular complexity index is 460. The number of amides is 1. The maximum absolute atomic E-state index is 12.5. The number of rotatable bonds is 5. The van der Waals surface area contributed by atoms with Crippen molar-refractivity contribution in [1.82, 2.24) is 4.90 Å². The largest absolute Gasteiger partial charge is 0.497 e. The van der Waals surface area contributed by atoms with Crippen LogP contribution in [0.15, 0.2) is 24.3 Å². The van der Waals surface area contributed by atoms with E-state index in [-0.39, 0.29) is 18.6 Å². The summed E-state index contributed by atoms with van der Waals surface area (Å²) in [5, 5.41) is 9.39. The van der Waals surface area contributed by atoms with Crippen LogP contribution >= 0.6 is 0 Å². The molecule has 2 rings (SSSR count). The second-order valence-corrected chi connectivity index (χ2v) is 5.30. The van der Waals surface area contributed by atoms with E-state index in [9.17, 15) is 9.90 Å². The number of benzene rings is 1. The van der Waals surface area contributed by atoms with Gasteiger partial charge in [0, 0.05) is 6.54 Å². The van der Waals surface area contributed by atoms with E-state index in [4.69, 9.17) is 9.47 Å². The van der Waals surface area contributed by atoms with E-state index in [0.717, 1.165) is 25.0 Å². The highest BCUT2D eigenvalue weighted by Gasteiger charge is 2.30. The van der Waals surface area contributed by atoms with Gasteiger partial charge >= 0.3 is 0 Å². The standard InChI is InChI=1S/C16H23NO4/c1-12(21-15-8-6-14(20-2)7-9-15)16(19)17-10-4-3-5-13(17)11-18/h6-9,12-13,18H,3-5,10-11H2,1-2H3. The first-order valence-corrected chi connectivity index (χ1v) is 7.37. The molecule has 1 aliphatic heterocycles. The minimum Gasteiger partial charge on any atom is -0.497 e. The van der Waals surface area contributed by atoms with Crippen molar-refractivity contribution in [3.8, 4) is 11.5 Å². The molecule has 1 saturated heterocycles. The molecule has 116 valence electrons. The van der Waals surface area contributed by atoms with Crippen molar-refractivity contribution >= 4 is 5.91 Å². The van der Waals surface area contributed by atoms with E-state index in [1.165, 1.54) is 0 Å². The molecule has 1 aliphatic rings. The highest BCUT2D eigenvalue weighted by Crippen LogP contribution is 2.21. The fourth-order valence-electron chi connectivity index (χ4n) is 2.62. The molecule has 1 aromatic rings. The van der Waals surface area contributed by atoms with Gasteiger partial charge in [-0.3, -0.25) is 4.79 Å². The molecule has 1 amide bonds. The summed E-state index contributed by atoms with van der Waals surface area (Å²) in [6, 6.07) is 7.08. The van der Waals surface area contributed by atoms with Crippen LogP contribution in [-0.4, -0.2) is 48.3 Å². The van der Waals surface area contributed by atoms with E-state index in [2.05, 4.69) is 0 Å². The van der Waals surface area contributed by atoms with Gasteiger partial charge in [-0.05, 0) is 50.5 Å². The van der Waals surface area contributed by atoms with E-state index in [1.807, 2.05) is 0 Å². The molecule has 0 radical (unpaired) electrons. The third kappa shape index (κ3) is 3.88. The number of methoxy groups -OCH3 is 1. The van der Waals surface area contributed by atoms with Gasteiger partial charge in [-0.25, -0.2) is 0 Å². The molecule has 1 aromatic carbocycles. The third-order valence-electron chi connectivity index (χ3n) is 3.84. The van der Waals surface area contributed by atoms with Gasteiger partial charge in [0.15, 0.2) is 6.10 Å². The highest BCUT2D eigenvalue weighted by atomic mass is 16.5. The average Bonchev–Trinajstić information content (AvgIpc) is 2.54. The lowest BCUT2D eigenvalue weighted by Gasteiger charge is -2.36. The number of aliphatic hydroxyl groups is 1. The van der Waals surface area contributed by atoms with E-state index in [0.29, 0.717) is 12.3 Å². The molecular weight excluding hydrogens is 270 g/mol. The summed E-state index contributed by atoms with van der Waals surface area (Å²) < 4.78 is 10.8. The molecule has 0 bridgehead atoms. The number of hydrogen-bond acceptors (Lipinski definition) is 4.